The van der Waals surface area contributed by atoms with Gasteiger partial charge in [-0.2, -0.15) is 10.2 Å². The Kier molecular flexibility index (Phi) is 7.66. The number of rotatable bonds is 8. The van der Waals surface area contributed by atoms with Gasteiger partial charge in [-0.25, -0.2) is 4.98 Å². The molecule has 0 saturated carbocycles. The minimum atomic E-state index is 0.371. The maximum atomic E-state index is 9.05. The van der Waals surface area contributed by atoms with E-state index >= 15 is 0 Å². The number of methoxy groups -OCH3 is 1. The molecule has 3 aromatic rings. The van der Waals surface area contributed by atoms with Crippen molar-refractivity contribution in [2.75, 3.05) is 32.1 Å². The van der Waals surface area contributed by atoms with E-state index in [0.29, 0.717) is 30.0 Å². The van der Waals surface area contributed by atoms with Crippen LogP contribution < -0.4 is 19.7 Å². The lowest BCUT2D eigenvalue weighted by atomic mass is 10.1. The Morgan fingerprint density at radius 3 is 2.67 bits per heavy atom. The second kappa shape index (κ2) is 11.0. The molecule has 0 atom stereocenters. The molecule has 1 saturated heterocycles. The van der Waals surface area contributed by atoms with Crippen molar-refractivity contribution in [2.45, 2.75) is 35.3 Å². The molecule has 0 amide bonds. The summed E-state index contributed by atoms with van der Waals surface area (Å²) in [7, 11) is 3.66. The van der Waals surface area contributed by atoms with Gasteiger partial charge in [0, 0.05) is 24.0 Å². The number of hydrogen-bond donors (Lipinski definition) is 1. The summed E-state index contributed by atoms with van der Waals surface area (Å²) in [6.07, 6.45) is 3.94. The number of piperidine rings is 1. The SMILES string of the molecule is CNC1CCN(c2ncc(Sc3ccc(C#N)cc3)c(OCc3cccc(OC)c3)n2)CC1. The van der Waals surface area contributed by atoms with Crippen molar-refractivity contribution in [1.82, 2.24) is 15.3 Å². The largest absolute Gasteiger partial charge is 0.497 e. The van der Waals surface area contributed by atoms with Crippen LogP contribution >= 0.6 is 11.8 Å². The van der Waals surface area contributed by atoms with Gasteiger partial charge in [0.05, 0.1) is 29.8 Å². The fourth-order valence-electron chi connectivity index (χ4n) is 3.68. The van der Waals surface area contributed by atoms with Crippen molar-refractivity contribution in [2.24, 2.45) is 0 Å². The van der Waals surface area contributed by atoms with E-state index in [-0.39, 0.29) is 0 Å². The lowest BCUT2D eigenvalue weighted by Gasteiger charge is -2.32. The van der Waals surface area contributed by atoms with Crippen LogP contribution in [0, 0.1) is 11.3 Å². The van der Waals surface area contributed by atoms with Crippen molar-refractivity contribution in [3.05, 3.63) is 65.9 Å². The minimum Gasteiger partial charge on any atom is -0.497 e. The van der Waals surface area contributed by atoms with E-state index in [1.807, 2.05) is 49.6 Å². The van der Waals surface area contributed by atoms with Gasteiger partial charge < -0.3 is 19.7 Å². The van der Waals surface area contributed by atoms with E-state index in [1.54, 1.807) is 19.2 Å². The third-order valence-electron chi connectivity index (χ3n) is 5.62. The first-order chi connectivity index (χ1) is 16.2. The van der Waals surface area contributed by atoms with E-state index in [4.69, 9.17) is 19.7 Å². The smallest absolute Gasteiger partial charge is 0.232 e. The lowest BCUT2D eigenvalue weighted by Crippen LogP contribution is -2.41. The summed E-state index contributed by atoms with van der Waals surface area (Å²) in [6.45, 7) is 2.18. The van der Waals surface area contributed by atoms with Crippen LogP contribution in [0.1, 0.15) is 24.0 Å². The standard InChI is InChI=1S/C25H27N5O2S/c1-27-20-10-12-30(13-11-20)25-28-16-23(33-22-8-6-18(15-26)7-9-22)24(29-25)32-17-19-4-3-5-21(14-19)31-2/h3-9,14,16,20,27H,10-13,17H2,1-2H3. The molecule has 8 heteroatoms. The predicted octanol–water partition coefficient (Wildman–Crippen LogP) is 4.28. The Labute approximate surface area is 198 Å². The predicted molar refractivity (Wildman–Crippen MR) is 129 cm³/mol. The van der Waals surface area contributed by atoms with Gasteiger partial charge >= 0.3 is 0 Å². The number of nitrogens with zero attached hydrogens (tertiary/aromatic N) is 4. The van der Waals surface area contributed by atoms with Gasteiger partial charge in [-0.15, -0.1) is 0 Å². The first-order valence-corrected chi connectivity index (χ1v) is 11.7. The number of benzene rings is 2. The molecule has 0 radical (unpaired) electrons. The van der Waals surface area contributed by atoms with Crippen LogP contribution in [0.2, 0.25) is 0 Å². The first-order valence-electron chi connectivity index (χ1n) is 10.9. The summed E-state index contributed by atoms with van der Waals surface area (Å²) in [6, 6.07) is 18.0. The first kappa shape index (κ1) is 22.9. The van der Waals surface area contributed by atoms with Gasteiger partial charge in [-0.05, 0) is 61.9 Å². The monoisotopic (exact) mass is 461 g/mol. The molecule has 1 N–H and O–H groups in total. The summed E-state index contributed by atoms with van der Waals surface area (Å²) in [5.41, 5.74) is 1.63. The van der Waals surface area contributed by atoms with Crippen LogP contribution in [0.3, 0.4) is 0 Å². The molecule has 1 aliphatic heterocycles. The van der Waals surface area contributed by atoms with Crippen LogP contribution in [-0.2, 0) is 6.61 Å². The highest BCUT2D eigenvalue weighted by Gasteiger charge is 2.21. The third-order valence-corrected chi connectivity index (χ3v) is 6.62. The average molecular weight is 462 g/mol. The average Bonchev–Trinajstić information content (AvgIpc) is 2.88. The second-order valence-electron chi connectivity index (χ2n) is 7.77. The van der Waals surface area contributed by atoms with Crippen molar-refractivity contribution >= 4 is 17.7 Å². The topological polar surface area (TPSA) is 83.3 Å². The molecule has 2 aromatic carbocycles. The quantitative estimate of drug-likeness (QED) is 0.532. The van der Waals surface area contributed by atoms with Crippen molar-refractivity contribution in [3.63, 3.8) is 0 Å². The van der Waals surface area contributed by atoms with Gasteiger partial charge in [0.2, 0.25) is 11.8 Å². The van der Waals surface area contributed by atoms with Crippen LogP contribution in [-0.4, -0.2) is 43.3 Å². The fraction of sp³-hybridized carbons (Fsp3) is 0.320. The summed E-state index contributed by atoms with van der Waals surface area (Å²) >= 11 is 1.52. The molecule has 170 valence electrons. The van der Waals surface area contributed by atoms with Crippen molar-refractivity contribution < 1.29 is 9.47 Å². The highest BCUT2D eigenvalue weighted by atomic mass is 32.2. The van der Waals surface area contributed by atoms with Crippen LogP contribution in [0.25, 0.3) is 0 Å². The molecule has 0 unspecified atom stereocenters. The van der Waals surface area contributed by atoms with Gasteiger partial charge in [-0.3, -0.25) is 0 Å². The molecule has 33 heavy (non-hydrogen) atoms. The van der Waals surface area contributed by atoms with Crippen LogP contribution in [0.15, 0.2) is 64.5 Å². The van der Waals surface area contributed by atoms with E-state index in [2.05, 4.69) is 21.3 Å². The zero-order chi connectivity index (χ0) is 23.0. The Bertz CT molecular complexity index is 1110. The molecule has 1 fully saturated rings. The molecular formula is C25H27N5O2S. The van der Waals surface area contributed by atoms with E-state index in [1.165, 1.54) is 11.8 Å². The maximum absolute atomic E-state index is 9.05. The van der Waals surface area contributed by atoms with Crippen LogP contribution in [0.5, 0.6) is 11.6 Å². The number of nitriles is 1. The molecule has 0 bridgehead atoms. The number of aromatic nitrogens is 2. The number of nitrogens with one attached hydrogen (secondary N) is 1. The normalized spacial score (nSPS) is 14.0. The molecule has 0 spiro atoms. The molecule has 1 aromatic heterocycles. The van der Waals surface area contributed by atoms with Gasteiger partial charge in [0.15, 0.2) is 0 Å². The van der Waals surface area contributed by atoms with Crippen molar-refractivity contribution in [3.8, 4) is 17.7 Å². The number of anilines is 1. The third kappa shape index (κ3) is 5.95. The maximum Gasteiger partial charge on any atom is 0.232 e. The van der Waals surface area contributed by atoms with E-state index in [0.717, 1.165) is 47.0 Å². The zero-order valence-corrected chi connectivity index (χ0v) is 19.6. The Hall–Kier alpha value is -3.28. The minimum absolute atomic E-state index is 0.371. The van der Waals surface area contributed by atoms with Gasteiger partial charge in [0.25, 0.3) is 0 Å². The number of ether oxygens (including phenoxy) is 2. The molecule has 4 rings (SSSR count). The van der Waals surface area contributed by atoms with E-state index in [9.17, 15) is 0 Å². The Balaban J connectivity index is 1.56. The molecule has 1 aliphatic rings. The molecule has 7 nitrogen and oxygen atoms in total. The Morgan fingerprint density at radius 2 is 1.97 bits per heavy atom. The summed E-state index contributed by atoms with van der Waals surface area (Å²) in [5.74, 6) is 2.03. The molecule has 2 heterocycles. The molecular weight excluding hydrogens is 434 g/mol. The molecule has 0 aliphatic carbocycles. The van der Waals surface area contributed by atoms with Gasteiger partial charge in [0.1, 0.15) is 12.4 Å². The fourth-order valence-corrected chi connectivity index (χ4v) is 4.50. The highest BCUT2D eigenvalue weighted by Crippen LogP contribution is 2.35. The van der Waals surface area contributed by atoms with Gasteiger partial charge in [-0.1, -0.05) is 23.9 Å². The summed E-state index contributed by atoms with van der Waals surface area (Å²) in [5, 5.41) is 12.4. The lowest BCUT2D eigenvalue weighted by molar-refractivity contribution is 0.284. The summed E-state index contributed by atoms with van der Waals surface area (Å²) in [4.78, 5) is 13.5. The van der Waals surface area contributed by atoms with Crippen molar-refractivity contribution in [1.29, 1.82) is 5.26 Å². The zero-order valence-electron chi connectivity index (χ0n) is 18.8. The van der Waals surface area contributed by atoms with Crippen LogP contribution in [0.4, 0.5) is 5.95 Å². The summed E-state index contributed by atoms with van der Waals surface area (Å²) < 4.78 is 11.5. The Morgan fingerprint density at radius 1 is 1.18 bits per heavy atom. The van der Waals surface area contributed by atoms with E-state index < -0.39 is 0 Å². The number of hydrogen-bond acceptors (Lipinski definition) is 8. The second-order valence-corrected chi connectivity index (χ2v) is 8.88. The highest BCUT2D eigenvalue weighted by molar-refractivity contribution is 7.99.